The SMILES string of the molecule is COc1cc(Cl)cc2cc(C(=O)C3=C(O)C(=O)N(CCN(C)C)C3c3ccc(OC(C)C)cc3)oc12. The van der Waals surface area contributed by atoms with Crippen molar-refractivity contribution in [1.82, 2.24) is 9.80 Å². The van der Waals surface area contributed by atoms with Gasteiger partial charge in [-0.05, 0) is 57.8 Å². The summed E-state index contributed by atoms with van der Waals surface area (Å²) in [4.78, 5) is 30.3. The maximum Gasteiger partial charge on any atom is 0.290 e. The van der Waals surface area contributed by atoms with Gasteiger partial charge in [0.1, 0.15) is 5.75 Å². The van der Waals surface area contributed by atoms with E-state index in [-0.39, 0.29) is 17.4 Å². The molecule has 8 nitrogen and oxygen atoms in total. The Morgan fingerprint density at radius 3 is 2.50 bits per heavy atom. The molecule has 0 fully saturated rings. The van der Waals surface area contributed by atoms with Crippen LogP contribution in [0.3, 0.4) is 0 Å². The number of benzene rings is 2. The lowest BCUT2D eigenvalue weighted by atomic mass is 9.95. The van der Waals surface area contributed by atoms with E-state index < -0.39 is 23.5 Å². The number of hydrogen-bond donors (Lipinski definition) is 1. The zero-order chi connectivity index (χ0) is 26.1. The van der Waals surface area contributed by atoms with E-state index in [1.54, 1.807) is 36.4 Å². The molecule has 36 heavy (non-hydrogen) atoms. The highest BCUT2D eigenvalue weighted by molar-refractivity contribution is 6.31. The van der Waals surface area contributed by atoms with Crippen LogP contribution >= 0.6 is 11.6 Å². The van der Waals surface area contributed by atoms with Gasteiger partial charge in [0.2, 0.25) is 5.78 Å². The number of ether oxygens (including phenoxy) is 2. The van der Waals surface area contributed by atoms with Gasteiger partial charge in [0.05, 0.1) is 24.8 Å². The second kappa shape index (κ2) is 10.2. The van der Waals surface area contributed by atoms with Crippen LogP contribution in [0.5, 0.6) is 11.5 Å². The molecule has 1 aliphatic rings. The van der Waals surface area contributed by atoms with Gasteiger partial charge in [-0.3, -0.25) is 9.59 Å². The van der Waals surface area contributed by atoms with Gasteiger partial charge in [-0.25, -0.2) is 0 Å². The molecule has 2 aromatic carbocycles. The fourth-order valence-electron chi connectivity index (χ4n) is 4.25. The first-order valence-electron chi connectivity index (χ1n) is 11.6. The van der Waals surface area contributed by atoms with E-state index in [0.717, 1.165) is 0 Å². The molecule has 0 saturated heterocycles. The van der Waals surface area contributed by atoms with Gasteiger partial charge in [-0.1, -0.05) is 23.7 Å². The maximum absolute atomic E-state index is 13.7. The van der Waals surface area contributed by atoms with Crippen molar-refractivity contribution in [3.63, 3.8) is 0 Å². The Bertz CT molecular complexity index is 1330. The van der Waals surface area contributed by atoms with Gasteiger partial charge < -0.3 is 28.8 Å². The van der Waals surface area contributed by atoms with Crippen molar-refractivity contribution in [2.24, 2.45) is 0 Å². The zero-order valence-electron chi connectivity index (χ0n) is 20.9. The first kappa shape index (κ1) is 25.6. The van der Waals surface area contributed by atoms with Gasteiger partial charge in [-0.2, -0.15) is 0 Å². The third kappa shape index (κ3) is 4.92. The molecule has 0 aliphatic carbocycles. The Morgan fingerprint density at radius 1 is 1.19 bits per heavy atom. The predicted octanol–water partition coefficient (Wildman–Crippen LogP) is 5.02. The molecule has 0 radical (unpaired) electrons. The van der Waals surface area contributed by atoms with Crippen LogP contribution in [-0.4, -0.2) is 67.0 Å². The topological polar surface area (TPSA) is 92.5 Å². The van der Waals surface area contributed by atoms with E-state index in [4.69, 9.17) is 25.5 Å². The smallest absolute Gasteiger partial charge is 0.290 e. The monoisotopic (exact) mass is 512 g/mol. The molecule has 190 valence electrons. The van der Waals surface area contributed by atoms with Crippen LogP contribution in [0.25, 0.3) is 11.0 Å². The van der Waals surface area contributed by atoms with Crippen molar-refractivity contribution in [2.45, 2.75) is 26.0 Å². The molecular weight excluding hydrogens is 484 g/mol. The first-order valence-corrected chi connectivity index (χ1v) is 12.0. The largest absolute Gasteiger partial charge is 0.503 e. The quantitative estimate of drug-likeness (QED) is 0.402. The number of nitrogens with zero attached hydrogens (tertiary/aromatic N) is 2. The van der Waals surface area contributed by atoms with Crippen LogP contribution in [-0.2, 0) is 4.79 Å². The zero-order valence-corrected chi connectivity index (χ0v) is 21.6. The number of amides is 1. The summed E-state index contributed by atoms with van der Waals surface area (Å²) in [6, 6.07) is 11.2. The minimum absolute atomic E-state index is 0.000145. The summed E-state index contributed by atoms with van der Waals surface area (Å²) in [7, 11) is 5.25. The number of aliphatic hydroxyl groups excluding tert-OH is 1. The highest BCUT2D eigenvalue weighted by Gasteiger charge is 2.44. The van der Waals surface area contributed by atoms with Crippen LogP contribution in [0.15, 0.2) is 58.2 Å². The molecule has 0 spiro atoms. The molecule has 1 atom stereocenters. The number of ketones is 1. The lowest BCUT2D eigenvalue weighted by Crippen LogP contribution is -2.36. The van der Waals surface area contributed by atoms with Crippen LogP contribution in [0.2, 0.25) is 5.02 Å². The number of likely N-dealkylation sites (N-methyl/N-ethyl adjacent to an activating group) is 1. The molecule has 1 aliphatic heterocycles. The number of rotatable bonds is 9. The number of fused-ring (bicyclic) bond motifs is 1. The summed E-state index contributed by atoms with van der Waals surface area (Å²) in [6.45, 7) is 4.72. The molecule has 9 heteroatoms. The number of carbonyl (C=O) groups excluding carboxylic acids is 2. The first-order chi connectivity index (χ1) is 17.1. The summed E-state index contributed by atoms with van der Waals surface area (Å²) in [5, 5.41) is 11.9. The van der Waals surface area contributed by atoms with Crippen molar-refractivity contribution in [3.05, 3.63) is 70.1 Å². The number of carbonyl (C=O) groups is 2. The van der Waals surface area contributed by atoms with Gasteiger partial charge >= 0.3 is 0 Å². The van der Waals surface area contributed by atoms with Crippen molar-refractivity contribution in [2.75, 3.05) is 34.3 Å². The number of halogens is 1. The standard InChI is InChI=1S/C27H29ClN2O6/c1-15(2)35-19-8-6-16(7-9-19)23-22(25(32)27(33)30(23)11-10-29(3)4)24(31)20-13-17-12-18(28)14-21(34-5)26(17)36-20/h6-9,12-15,23,32H,10-11H2,1-5H3. The lowest BCUT2D eigenvalue weighted by Gasteiger charge is -2.28. The van der Waals surface area contributed by atoms with Crippen LogP contribution < -0.4 is 9.47 Å². The Balaban J connectivity index is 1.78. The second-order valence-corrected chi connectivity index (χ2v) is 9.60. The van der Waals surface area contributed by atoms with Crippen molar-refractivity contribution in [3.8, 4) is 11.5 Å². The van der Waals surface area contributed by atoms with Crippen LogP contribution in [0.1, 0.15) is 36.0 Å². The van der Waals surface area contributed by atoms with E-state index in [1.807, 2.05) is 32.8 Å². The normalized spacial score (nSPS) is 16.1. The molecule has 3 aromatic rings. The van der Waals surface area contributed by atoms with Gasteiger partial charge in [-0.15, -0.1) is 0 Å². The summed E-state index contributed by atoms with van der Waals surface area (Å²) in [5.41, 5.74) is 0.980. The summed E-state index contributed by atoms with van der Waals surface area (Å²) < 4.78 is 16.9. The Kier molecular flexibility index (Phi) is 7.28. The fourth-order valence-corrected chi connectivity index (χ4v) is 4.47. The van der Waals surface area contributed by atoms with Gasteiger partial charge in [0, 0.05) is 29.6 Å². The van der Waals surface area contributed by atoms with E-state index in [1.165, 1.54) is 18.1 Å². The average molecular weight is 513 g/mol. The molecule has 1 aromatic heterocycles. The van der Waals surface area contributed by atoms with Crippen LogP contribution in [0, 0.1) is 0 Å². The highest BCUT2D eigenvalue weighted by atomic mass is 35.5. The van der Waals surface area contributed by atoms with E-state index in [0.29, 0.717) is 46.1 Å². The predicted molar refractivity (Wildman–Crippen MR) is 137 cm³/mol. The number of furan rings is 1. The molecule has 0 saturated carbocycles. The van der Waals surface area contributed by atoms with E-state index in [2.05, 4.69) is 0 Å². The van der Waals surface area contributed by atoms with E-state index in [9.17, 15) is 14.7 Å². The Morgan fingerprint density at radius 2 is 1.89 bits per heavy atom. The molecule has 1 N–H and O–H groups in total. The summed E-state index contributed by atoms with van der Waals surface area (Å²) in [5.74, 6) is -0.766. The van der Waals surface area contributed by atoms with Gasteiger partial charge in [0.25, 0.3) is 5.91 Å². The number of methoxy groups -OCH3 is 1. The Labute approximate surface area is 214 Å². The van der Waals surface area contributed by atoms with Crippen molar-refractivity contribution in [1.29, 1.82) is 0 Å². The number of Topliss-reactive ketones (excluding diaryl/α,β-unsaturated/α-hetero) is 1. The summed E-state index contributed by atoms with van der Waals surface area (Å²) >= 11 is 6.17. The molecule has 0 bridgehead atoms. The van der Waals surface area contributed by atoms with Crippen molar-refractivity contribution >= 4 is 34.3 Å². The third-order valence-corrected chi connectivity index (χ3v) is 6.11. The molecule has 1 unspecified atom stereocenters. The average Bonchev–Trinajstić information content (AvgIpc) is 3.36. The maximum atomic E-state index is 13.7. The molecule has 4 rings (SSSR count). The molecular formula is C27H29ClN2O6. The van der Waals surface area contributed by atoms with E-state index >= 15 is 0 Å². The summed E-state index contributed by atoms with van der Waals surface area (Å²) in [6.07, 6.45) is 0.000145. The Hall–Kier alpha value is -3.49. The minimum atomic E-state index is -0.795. The van der Waals surface area contributed by atoms with Gasteiger partial charge in [0.15, 0.2) is 22.9 Å². The lowest BCUT2D eigenvalue weighted by molar-refractivity contribution is -0.129. The second-order valence-electron chi connectivity index (χ2n) is 9.17. The highest BCUT2D eigenvalue weighted by Crippen LogP contribution is 2.41. The fraction of sp³-hybridized carbons (Fsp3) is 0.333. The number of aliphatic hydroxyl groups is 1. The number of hydrogen-bond acceptors (Lipinski definition) is 7. The minimum Gasteiger partial charge on any atom is -0.503 e. The van der Waals surface area contributed by atoms with Crippen LogP contribution in [0.4, 0.5) is 0 Å². The van der Waals surface area contributed by atoms with Crippen molar-refractivity contribution < 1.29 is 28.6 Å². The molecule has 1 amide bonds. The third-order valence-electron chi connectivity index (χ3n) is 5.89. The molecule has 2 heterocycles.